The Morgan fingerprint density at radius 2 is 1.91 bits per heavy atom. The van der Waals surface area contributed by atoms with E-state index in [2.05, 4.69) is 11.4 Å². The van der Waals surface area contributed by atoms with Crippen molar-refractivity contribution in [1.29, 1.82) is 0 Å². The molecule has 1 saturated carbocycles. The van der Waals surface area contributed by atoms with Gasteiger partial charge in [0.15, 0.2) is 0 Å². The lowest BCUT2D eigenvalue weighted by molar-refractivity contribution is -0.384. The van der Waals surface area contributed by atoms with Crippen molar-refractivity contribution in [1.82, 2.24) is 0 Å². The third kappa shape index (κ3) is 2.25. The van der Waals surface area contributed by atoms with Gasteiger partial charge in [0.2, 0.25) is 0 Å². The molecule has 1 fully saturated rings. The lowest BCUT2D eigenvalue weighted by atomic mass is 9.80. The molecule has 22 heavy (non-hydrogen) atoms. The molecule has 3 atom stereocenters. The molecule has 5 heteroatoms. The quantitative estimate of drug-likeness (QED) is 0.590. The van der Waals surface area contributed by atoms with Crippen LogP contribution in [0.4, 0.5) is 5.69 Å². The van der Waals surface area contributed by atoms with Gasteiger partial charge in [-0.3, -0.25) is 10.1 Å². The fourth-order valence-electron chi connectivity index (χ4n) is 3.69. The first-order valence-electron chi connectivity index (χ1n) is 7.71. The molecule has 114 valence electrons. The number of thiophene rings is 1. The average molecular weight is 315 g/mol. The highest BCUT2D eigenvalue weighted by atomic mass is 32.1. The Kier molecular flexibility index (Phi) is 3.47. The second-order valence-corrected chi connectivity index (χ2v) is 6.98. The smallest absolute Gasteiger partial charge is 0.269 e. The summed E-state index contributed by atoms with van der Waals surface area (Å²) in [6, 6.07) is 8.94. The minimum atomic E-state index is -0.362. The molecule has 1 aromatic carbocycles. The van der Waals surface area contributed by atoms with E-state index in [0.717, 1.165) is 12.0 Å². The van der Waals surface area contributed by atoms with Crippen LogP contribution in [0.2, 0.25) is 0 Å². The molecule has 2 aliphatic rings. The fourth-order valence-corrected chi connectivity index (χ4v) is 4.80. The van der Waals surface area contributed by atoms with Crippen LogP contribution in [0.1, 0.15) is 53.7 Å². The molecule has 1 aromatic heterocycles. The van der Waals surface area contributed by atoms with Gasteiger partial charge in [0, 0.05) is 22.9 Å². The van der Waals surface area contributed by atoms with E-state index in [9.17, 15) is 10.1 Å². The van der Waals surface area contributed by atoms with Gasteiger partial charge in [0.1, 0.15) is 6.10 Å². The summed E-state index contributed by atoms with van der Waals surface area (Å²) in [6.07, 6.45) is 5.05. The maximum atomic E-state index is 10.8. The molecule has 0 spiro atoms. The topological polar surface area (TPSA) is 52.4 Å². The van der Waals surface area contributed by atoms with Crippen molar-refractivity contribution in [3.05, 3.63) is 61.8 Å². The summed E-state index contributed by atoms with van der Waals surface area (Å²) in [5, 5.41) is 13.0. The van der Waals surface area contributed by atoms with Crippen LogP contribution in [0, 0.1) is 10.1 Å². The van der Waals surface area contributed by atoms with Crippen LogP contribution in [0.5, 0.6) is 0 Å². The number of ether oxygens (including phenoxy) is 1. The van der Waals surface area contributed by atoms with Gasteiger partial charge in [0.25, 0.3) is 5.69 Å². The van der Waals surface area contributed by atoms with Crippen LogP contribution in [0.15, 0.2) is 35.7 Å². The lowest BCUT2D eigenvalue weighted by Gasteiger charge is -2.39. The SMILES string of the molecule is O=[N+]([O-])c1ccc([C@@H]2O[C@@H]3CCCC[C@H]3c3sccc32)cc1. The molecule has 0 N–H and O–H groups in total. The zero-order valence-corrected chi connectivity index (χ0v) is 12.9. The summed E-state index contributed by atoms with van der Waals surface area (Å²) < 4.78 is 6.40. The normalized spacial score (nSPS) is 27.0. The van der Waals surface area contributed by atoms with Gasteiger partial charge < -0.3 is 4.74 Å². The highest BCUT2D eigenvalue weighted by Crippen LogP contribution is 2.48. The van der Waals surface area contributed by atoms with Crippen LogP contribution >= 0.6 is 11.3 Å². The van der Waals surface area contributed by atoms with Crippen LogP contribution in [-0.4, -0.2) is 11.0 Å². The van der Waals surface area contributed by atoms with Gasteiger partial charge in [-0.15, -0.1) is 11.3 Å². The number of nitro groups is 1. The molecule has 0 saturated heterocycles. The number of nitrogens with zero attached hydrogens (tertiary/aromatic N) is 1. The van der Waals surface area contributed by atoms with Crippen molar-refractivity contribution in [3.63, 3.8) is 0 Å². The fraction of sp³-hybridized carbons (Fsp3) is 0.412. The van der Waals surface area contributed by atoms with Gasteiger partial charge >= 0.3 is 0 Å². The average Bonchev–Trinajstić information content (AvgIpc) is 3.04. The Hall–Kier alpha value is -1.72. The number of non-ortho nitro benzene ring substituents is 1. The first kappa shape index (κ1) is 13.9. The van der Waals surface area contributed by atoms with E-state index in [4.69, 9.17) is 4.74 Å². The van der Waals surface area contributed by atoms with E-state index in [-0.39, 0.29) is 16.7 Å². The molecular weight excluding hydrogens is 298 g/mol. The molecule has 1 aliphatic carbocycles. The van der Waals surface area contributed by atoms with Crippen molar-refractivity contribution in [2.45, 2.75) is 43.8 Å². The molecule has 0 amide bonds. The van der Waals surface area contributed by atoms with Crippen LogP contribution in [-0.2, 0) is 4.74 Å². The number of rotatable bonds is 2. The Balaban J connectivity index is 1.71. The molecule has 0 radical (unpaired) electrons. The highest BCUT2D eigenvalue weighted by molar-refractivity contribution is 7.10. The number of benzene rings is 1. The molecular formula is C17H17NO3S. The molecule has 1 aliphatic heterocycles. The maximum absolute atomic E-state index is 10.8. The molecule has 0 unspecified atom stereocenters. The second-order valence-electron chi connectivity index (χ2n) is 6.03. The largest absolute Gasteiger partial charge is 0.365 e. The summed E-state index contributed by atoms with van der Waals surface area (Å²) >= 11 is 1.83. The Morgan fingerprint density at radius 1 is 1.14 bits per heavy atom. The van der Waals surface area contributed by atoms with Gasteiger partial charge in [-0.05, 0) is 47.5 Å². The van der Waals surface area contributed by atoms with Crippen molar-refractivity contribution < 1.29 is 9.66 Å². The summed E-state index contributed by atoms with van der Waals surface area (Å²) in [6.45, 7) is 0. The van der Waals surface area contributed by atoms with E-state index < -0.39 is 0 Å². The lowest BCUT2D eigenvalue weighted by Crippen LogP contribution is -2.32. The van der Waals surface area contributed by atoms with Crippen LogP contribution < -0.4 is 0 Å². The predicted molar refractivity (Wildman–Crippen MR) is 85.3 cm³/mol. The van der Waals surface area contributed by atoms with Crippen LogP contribution in [0.3, 0.4) is 0 Å². The third-order valence-corrected chi connectivity index (χ3v) is 5.83. The van der Waals surface area contributed by atoms with E-state index in [1.54, 1.807) is 12.1 Å². The van der Waals surface area contributed by atoms with Gasteiger partial charge in [0.05, 0.1) is 11.0 Å². The first-order valence-corrected chi connectivity index (χ1v) is 8.59. The summed E-state index contributed by atoms with van der Waals surface area (Å²) in [5.41, 5.74) is 2.39. The van der Waals surface area contributed by atoms with E-state index in [1.807, 2.05) is 23.5 Å². The zero-order chi connectivity index (χ0) is 15.1. The van der Waals surface area contributed by atoms with Crippen molar-refractivity contribution >= 4 is 17.0 Å². The summed E-state index contributed by atoms with van der Waals surface area (Å²) in [5.74, 6) is 0.540. The Morgan fingerprint density at radius 3 is 2.68 bits per heavy atom. The summed E-state index contributed by atoms with van der Waals surface area (Å²) in [7, 11) is 0. The summed E-state index contributed by atoms with van der Waals surface area (Å²) in [4.78, 5) is 11.9. The van der Waals surface area contributed by atoms with Crippen molar-refractivity contribution in [2.75, 3.05) is 0 Å². The Bertz CT molecular complexity index is 694. The molecule has 0 bridgehead atoms. The number of fused-ring (bicyclic) bond motifs is 3. The predicted octanol–water partition coefficient (Wildman–Crippen LogP) is 4.80. The zero-order valence-electron chi connectivity index (χ0n) is 12.1. The molecule has 4 nitrogen and oxygen atoms in total. The van der Waals surface area contributed by atoms with Crippen molar-refractivity contribution in [3.8, 4) is 0 Å². The van der Waals surface area contributed by atoms with Crippen molar-refractivity contribution in [2.24, 2.45) is 0 Å². The first-order chi connectivity index (χ1) is 10.7. The minimum absolute atomic E-state index is 0.0820. The minimum Gasteiger partial charge on any atom is -0.365 e. The second kappa shape index (κ2) is 5.48. The monoisotopic (exact) mass is 315 g/mol. The van der Waals surface area contributed by atoms with Crippen LogP contribution in [0.25, 0.3) is 0 Å². The van der Waals surface area contributed by atoms with E-state index in [1.165, 1.54) is 29.7 Å². The van der Waals surface area contributed by atoms with Gasteiger partial charge in [-0.1, -0.05) is 12.8 Å². The highest BCUT2D eigenvalue weighted by Gasteiger charge is 2.38. The van der Waals surface area contributed by atoms with E-state index >= 15 is 0 Å². The number of nitro benzene ring substituents is 1. The molecule has 2 aromatic rings. The molecule has 2 heterocycles. The number of hydrogen-bond donors (Lipinski definition) is 0. The van der Waals surface area contributed by atoms with Gasteiger partial charge in [-0.2, -0.15) is 0 Å². The maximum Gasteiger partial charge on any atom is 0.269 e. The number of hydrogen-bond acceptors (Lipinski definition) is 4. The molecule has 4 rings (SSSR count). The van der Waals surface area contributed by atoms with Gasteiger partial charge in [-0.25, -0.2) is 0 Å². The van der Waals surface area contributed by atoms with E-state index in [0.29, 0.717) is 12.0 Å². The Labute approximate surface area is 132 Å². The third-order valence-electron chi connectivity index (χ3n) is 4.77. The standard InChI is InChI=1S/C17H17NO3S/c19-18(20)12-7-5-11(6-8-12)16-14-9-10-22-17(14)13-3-1-2-4-15(13)21-16/h5-10,13,15-16H,1-4H2/t13-,15-,16+/m1/s1.